The monoisotopic (exact) mass is 602 g/mol. The third kappa shape index (κ3) is 7.67. The van der Waals surface area contributed by atoms with Crippen LogP contribution in [0.25, 0.3) is 0 Å². The van der Waals surface area contributed by atoms with Crippen molar-refractivity contribution in [3.8, 4) is 0 Å². The summed E-state index contributed by atoms with van der Waals surface area (Å²) < 4.78 is 45.7. The summed E-state index contributed by atoms with van der Waals surface area (Å²) in [5.74, 6) is -3.62. The molecule has 0 saturated heterocycles. The molecule has 0 aliphatic heterocycles. The smallest absolute Gasteiger partial charge is 0.256 e. The minimum absolute atomic E-state index is 0.0394. The summed E-state index contributed by atoms with van der Waals surface area (Å²) in [5, 5.41) is 13.4. The number of anilines is 2. The molecule has 0 fully saturated rings. The highest BCUT2D eigenvalue weighted by Crippen LogP contribution is 2.29. The summed E-state index contributed by atoms with van der Waals surface area (Å²) in [6, 6.07) is 6.31. The number of benzene rings is 2. The number of hydrogen-bond donors (Lipinski definition) is 2. The van der Waals surface area contributed by atoms with E-state index in [9.17, 15) is 18.0 Å². The summed E-state index contributed by atoms with van der Waals surface area (Å²) >= 11 is 1.94. The van der Waals surface area contributed by atoms with Crippen LogP contribution in [-0.2, 0) is 6.54 Å². The number of carbonyl (C=O) groups excluding carboxylic acids is 1. The fraction of sp³-hybridized carbons (Fsp3) is 0.333. The molecule has 0 aliphatic rings. The Morgan fingerprint density at radius 3 is 2.60 bits per heavy atom. The SMILES string of the molecule is O=C(c1ccc(F)c(F)c1Nc1ccc(I)cc1F)N(CC[OH2+])CCCNCCCn1ccnc1. The van der Waals surface area contributed by atoms with E-state index < -0.39 is 29.0 Å². The average molecular weight is 602 g/mol. The van der Waals surface area contributed by atoms with Gasteiger partial charge in [-0.05, 0) is 78.9 Å². The minimum atomic E-state index is -1.26. The van der Waals surface area contributed by atoms with Crippen molar-refractivity contribution in [3.63, 3.8) is 0 Å². The molecule has 1 aromatic heterocycles. The number of aryl methyl sites for hydroxylation is 1. The number of nitrogens with one attached hydrogen (secondary N) is 2. The van der Waals surface area contributed by atoms with E-state index >= 15 is 0 Å². The molecule has 0 atom stereocenters. The highest BCUT2D eigenvalue weighted by molar-refractivity contribution is 14.1. The number of halogens is 4. The van der Waals surface area contributed by atoms with Crippen molar-refractivity contribution < 1.29 is 23.1 Å². The Morgan fingerprint density at radius 2 is 1.89 bits per heavy atom. The molecule has 7 nitrogen and oxygen atoms in total. The summed E-state index contributed by atoms with van der Waals surface area (Å²) in [6.45, 7) is 2.73. The van der Waals surface area contributed by atoms with Crippen molar-refractivity contribution in [1.29, 1.82) is 0 Å². The summed E-state index contributed by atoms with van der Waals surface area (Å²) in [7, 11) is 0. The lowest BCUT2D eigenvalue weighted by Crippen LogP contribution is -2.36. The number of rotatable bonds is 13. The molecule has 4 N–H and O–H groups in total. The summed E-state index contributed by atoms with van der Waals surface area (Å²) in [4.78, 5) is 18.7. The second-order valence-electron chi connectivity index (χ2n) is 7.83. The van der Waals surface area contributed by atoms with Crippen molar-refractivity contribution in [2.75, 3.05) is 38.1 Å². The molecule has 0 radical (unpaired) electrons. The van der Waals surface area contributed by atoms with Gasteiger partial charge in [0.25, 0.3) is 5.91 Å². The Labute approximate surface area is 215 Å². The van der Waals surface area contributed by atoms with E-state index in [2.05, 4.69) is 15.6 Å². The number of hydrogen-bond acceptors (Lipinski definition) is 4. The van der Waals surface area contributed by atoms with E-state index in [0.717, 1.165) is 25.6 Å². The first-order chi connectivity index (χ1) is 16.9. The number of carbonyl (C=O) groups is 1. The van der Waals surface area contributed by atoms with Gasteiger partial charge in [-0.3, -0.25) is 4.79 Å². The first-order valence-corrected chi connectivity index (χ1v) is 12.3. The van der Waals surface area contributed by atoms with Gasteiger partial charge in [0.15, 0.2) is 18.2 Å². The molecule has 0 saturated carbocycles. The van der Waals surface area contributed by atoms with Gasteiger partial charge >= 0.3 is 0 Å². The Morgan fingerprint density at radius 1 is 1.09 bits per heavy atom. The van der Waals surface area contributed by atoms with Crippen LogP contribution in [0.1, 0.15) is 23.2 Å². The minimum Gasteiger partial charge on any atom is -0.444 e. The fourth-order valence-corrected chi connectivity index (χ4v) is 3.98. The maximum atomic E-state index is 14.7. The summed E-state index contributed by atoms with van der Waals surface area (Å²) in [6.07, 6.45) is 6.94. The molecule has 188 valence electrons. The third-order valence-corrected chi connectivity index (χ3v) is 5.97. The Bertz CT molecular complexity index is 1110. The quantitative estimate of drug-likeness (QED) is 0.177. The van der Waals surface area contributed by atoms with E-state index in [1.54, 1.807) is 18.6 Å². The van der Waals surface area contributed by atoms with Crippen molar-refractivity contribution in [1.82, 2.24) is 19.8 Å². The molecule has 3 aromatic rings. The van der Waals surface area contributed by atoms with Crippen molar-refractivity contribution in [2.24, 2.45) is 0 Å². The van der Waals surface area contributed by atoms with Crippen LogP contribution in [-0.4, -0.2) is 58.3 Å². The molecule has 35 heavy (non-hydrogen) atoms. The van der Waals surface area contributed by atoms with Crippen molar-refractivity contribution >= 4 is 39.9 Å². The first-order valence-electron chi connectivity index (χ1n) is 11.2. The molecule has 0 bridgehead atoms. The zero-order chi connectivity index (χ0) is 25.2. The van der Waals surface area contributed by atoms with Gasteiger partial charge in [-0.2, -0.15) is 0 Å². The maximum absolute atomic E-state index is 14.7. The van der Waals surface area contributed by atoms with E-state index in [-0.39, 0.29) is 24.4 Å². The highest BCUT2D eigenvalue weighted by atomic mass is 127. The van der Waals surface area contributed by atoms with Gasteiger partial charge in [0, 0.05) is 29.1 Å². The third-order valence-electron chi connectivity index (χ3n) is 5.30. The zero-order valence-corrected chi connectivity index (χ0v) is 21.2. The number of aromatic nitrogens is 2. The lowest BCUT2D eigenvalue weighted by atomic mass is 10.1. The van der Waals surface area contributed by atoms with Crippen LogP contribution in [0, 0.1) is 21.0 Å². The van der Waals surface area contributed by atoms with Gasteiger partial charge in [0.05, 0.1) is 29.8 Å². The molecule has 1 heterocycles. The Kier molecular flexibility index (Phi) is 10.4. The topological polar surface area (TPSA) is 85.1 Å². The van der Waals surface area contributed by atoms with Crippen LogP contribution < -0.4 is 10.6 Å². The Hall–Kier alpha value is -2.64. The average Bonchev–Trinajstić information content (AvgIpc) is 3.35. The Balaban J connectivity index is 1.63. The van der Waals surface area contributed by atoms with Gasteiger partial charge < -0.3 is 25.2 Å². The molecule has 2 aromatic carbocycles. The van der Waals surface area contributed by atoms with E-state index in [0.29, 0.717) is 23.1 Å². The van der Waals surface area contributed by atoms with E-state index in [1.165, 1.54) is 23.1 Å². The largest absolute Gasteiger partial charge is 0.444 e. The predicted molar refractivity (Wildman–Crippen MR) is 137 cm³/mol. The van der Waals surface area contributed by atoms with Gasteiger partial charge in [-0.1, -0.05) is 0 Å². The number of amides is 1. The molecule has 0 aliphatic carbocycles. The molecule has 0 spiro atoms. The molecule has 0 unspecified atom stereocenters. The normalized spacial score (nSPS) is 11.0. The van der Waals surface area contributed by atoms with Crippen LogP contribution in [0.3, 0.4) is 0 Å². The van der Waals surface area contributed by atoms with Gasteiger partial charge in [-0.15, -0.1) is 0 Å². The predicted octanol–water partition coefficient (Wildman–Crippen LogP) is 3.89. The molecular formula is C24H28F3IN5O2+. The highest BCUT2D eigenvalue weighted by Gasteiger charge is 2.24. The van der Waals surface area contributed by atoms with Crippen molar-refractivity contribution in [2.45, 2.75) is 19.4 Å². The maximum Gasteiger partial charge on any atom is 0.256 e. The van der Waals surface area contributed by atoms with Gasteiger partial charge in [-0.25, -0.2) is 18.2 Å². The second-order valence-corrected chi connectivity index (χ2v) is 9.08. The van der Waals surface area contributed by atoms with Crippen LogP contribution in [0.15, 0.2) is 49.1 Å². The van der Waals surface area contributed by atoms with Crippen LogP contribution in [0.5, 0.6) is 0 Å². The lowest BCUT2D eigenvalue weighted by Gasteiger charge is -2.23. The first kappa shape index (κ1) is 27.0. The van der Waals surface area contributed by atoms with E-state index in [1.807, 2.05) is 33.4 Å². The van der Waals surface area contributed by atoms with Crippen LogP contribution >= 0.6 is 22.6 Å². The number of nitrogens with zero attached hydrogens (tertiary/aromatic N) is 3. The molecular weight excluding hydrogens is 574 g/mol. The fourth-order valence-electron chi connectivity index (χ4n) is 3.52. The van der Waals surface area contributed by atoms with Gasteiger partial charge in [0.2, 0.25) is 0 Å². The zero-order valence-electron chi connectivity index (χ0n) is 19.0. The van der Waals surface area contributed by atoms with Crippen LogP contribution in [0.4, 0.5) is 24.5 Å². The molecule has 11 heteroatoms. The molecule has 3 rings (SSSR count). The van der Waals surface area contributed by atoms with E-state index in [4.69, 9.17) is 5.11 Å². The van der Waals surface area contributed by atoms with Crippen LogP contribution in [0.2, 0.25) is 0 Å². The van der Waals surface area contributed by atoms with Gasteiger partial charge in [0.1, 0.15) is 5.82 Å². The standard InChI is InChI=1S/C24H27F3IN5O2/c25-19-5-4-18(23(22(19)27)31-21-6-3-17(28)15-20(21)26)24(35)33(13-14-34)11-2-8-29-7-1-10-32-12-9-30-16-32/h3-6,9,12,15-16,29,31,34H,1-2,7-8,10-11,13-14H2/p+1. The van der Waals surface area contributed by atoms with Crippen molar-refractivity contribution in [3.05, 3.63) is 75.6 Å². The molecule has 1 amide bonds. The second kappa shape index (κ2) is 13.4. The number of imidazole rings is 1. The summed E-state index contributed by atoms with van der Waals surface area (Å²) in [5.41, 5.74) is -0.623. The lowest BCUT2D eigenvalue weighted by molar-refractivity contribution is 0.0720.